The van der Waals surface area contributed by atoms with Crippen molar-refractivity contribution in [3.05, 3.63) is 0 Å². The van der Waals surface area contributed by atoms with Crippen molar-refractivity contribution in [1.82, 2.24) is 21.3 Å². The first kappa shape index (κ1) is 23.6. The fourth-order valence-corrected chi connectivity index (χ4v) is 7.40. The molecular weight excluding hydrogens is 414 g/mol. The molecule has 5 fully saturated rings. The van der Waals surface area contributed by atoms with E-state index in [0.29, 0.717) is 36.3 Å². The van der Waals surface area contributed by atoms with Crippen LogP contribution < -0.4 is 27.0 Å². The molecule has 0 aromatic heterocycles. The second-order valence-electron chi connectivity index (χ2n) is 12.1. The van der Waals surface area contributed by atoms with Gasteiger partial charge in [-0.25, -0.2) is 0 Å². The van der Waals surface area contributed by atoms with Crippen LogP contribution in [0.5, 0.6) is 0 Å². The van der Waals surface area contributed by atoms with E-state index in [-0.39, 0.29) is 47.9 Å². The lowest BCUT2D eigenvalue weighted by Gasteiger charge is -2.40. The third-order valence-electron chi connectivity index (χ3n) is 9.49. The van der Waals surface area contributed by atoms with Gasteiger partial charge in [0.15, 0.2) is 0 Å². The normalized spacial score (nSPS) is 44.2. The molecule has 0 spiro atoms. The number of rotatable bonds is 6. The number of carbonyl (C=O) groups is 2. The molecule has 2 aliphatic heterocycles. The zero-order valence-corrected chi connectivity index (χ0v) is 20.5. The lowest BCUT2D eigenvalue weighted by molar-refractivity contribution is -0.128. The molecule has 3 saturated carbocycles. The van der Waals surface area contributed by atoms with Crippen LogP contribution in [0.1, 0.15) is 78.1 Å². The molecule has 2 heterocycles. The molecule has 0 radical (unpaired) electrons. The van der Waals surface area contributed by atoms with Gasteiger partial charge in [-0.3, -0.25) is 9.59 Å². The molecule has 2 amide bonds. The molecule has 3 aliphatic carbocycles. The van der Waals surface area contributed by atoms with Crippen molar-refractivity contribution in [2.75, 3.05) is 6.54 Å². The van der Waals surface area contributed by atoms with Crippen molar-refractivity contribution in [1.29, 1.82) is 0 Å². The molecule has 0 aromatic rings. The first-order valence-corrected chi connectivity index (χ1v) is 13.7. The summed E-state index contributed by atoms with van der Waals surface area (Å²) in [6, 6.07) is 1.35. The van der Waals surface area contributed by atoms with Crippen LogP contribution in [0.15, 0.2) is 0 Å². The summed E-state index contributed by atoms with van der Waals surface area (Å²) in [5.74, 6) is 2.62. The SMILES string of the molecule is CC1CCCC2CC(C(=O)NC(C3CC3)C3NCC(C(=O)N[C@@H]4CC[C@@H](N)C4)CC3C)NC12. The van der Waals surface area contributed by atoms with Crippen LogP contribution in [0.4, 0.5) is 0 Å². The summed E-state index contributed by atoms with van der Waals surface area (Å²) in [5, 5.41) is 14.1. The average molecular weight is 460 g/mol. The molecule has 33 heavy (non-hydrogen) atoms. The topological polar surface area (TPSA) is 108 Å². The lowest BCUT2D eigenvalue weighted by atomic mass is 9.78. The highest BCUT2D eigenvalue weighted by Crippen LogP contribution is 2.39. The van der Waals surface area contributed by atoms with E-state index >= 15 is 0 Å². The Morgan fingerprint density at radius 1 is 0.939 bits per heavy atom. The van der Waals surface area contributed by atoms with Crippen LogP contribution in [-0.2, 0) is 9.59 Å². The van der Waals surface area contributed by atoms with Crippen molar-refractivity contribution in [3.8, 4) is 0 Å². The molecule has 7 nitrogen and oxygen atoms in total. The lowest BCUT2D eigenvalue weighted by Crippen LogP contribution is -2.61. The highest BCUT2D eigenvalue weighted by molar-refractivity contribution is 5.82. The van der Waals surface area contributed by atoms with Crippen LogP contribution in [-0.4, -0.2) is 54.6 Å². The molecule has 5 aliphatic rings. The quantitative estimate of drug-likeness (QED) is 0.415. The molecule has 0 bridgehead atoms. The van der Waals surface area contributed by atoms with Crippen LogP contribution in [0, 0.1) is 29.6 Å². The van der Waals surface area contributed by atoms with Crippen LogP contribution >= 0.6 is 0 Å². The van der Waals surface area contributed by atoms with E-state index < -0.39 is 0 Å². The Morgan fingerprint density at radius 2 is 1.76 bits per heavy atom. The second-order valence-corrected chi connectivity index (χ2v) is 12.1. The summed E-state index contributed by atoms with van der Waals surface area (Å²) in [4.78, 5) is 26.2. The number of nitrogens with one attached hydrogen (secondary N) is 4. The van der Waals surface area contributed by atoms with Crippen LogP contribution in [0.25, 0.3) is 0 Å². The Labute approximate surface area is 199 Å². The monoisotopic (exact) mass is 459 g/mol. The first-order chi connectivity index (χ1) is 15.9. The maximum Gasteiger partial charge on any atom is 0.237 e. The van der Waals surface area contributed by atoms with Gasteiger partial charge >= 0.3 is 0 Å². The Balaban J connectivity index is 1.15. The van der Waals surface area contributed by atoms with Crippen molar-refractivity contribution in [3.63, 3.8) is 0 Å². The fraction of sp³-hybridized carbons (Fsp3) is 0.923. The van der Waals surface area contributed by atoms with E-state index in [1.807, 2.05) is 0 Å². The largest absolute Gasteiger partial charge is 0.353 e. The predicted octanol–water partition coefficient (Wildman–Crippen LogP) is 1.66. The molecule has 7 heteroatoms. The summed E-state index contributed by atoms with van der Waals surface area (Å²) >= 11 is 0. The van der Waals surface area contributed by atoms with Gasteiger partial charge in [0.05, 0.1) is 12.0 Å². The molecular formula is C26H45N5O2. The van der Waals surface area contributed by atoms with E-state index in [4.69, 9.17) is 5.73 Å². The minimum atomic E-state index is -0.0444. The molecule has 0 aromatic carbocycles. The zero-order valence-electron chi connectivity index (χ0n) is 20.5. The second kappa shape index (κ2) is 9.82. The van der Waals surface area contributed by atoms with Gasteiger partial charge < -0.3 is 27.0 Å². The smallest absolute Gasteiger partial charge is 0.237 e. The highest BCUT2D eigenvalue weighted by Gasteiger charge is 2.46. The van der Waals surface area contributed by atoms with E-state index in [9.17, 15) is 9.59 Å². The standard InChI is InChI=1S/C26H45N5O2/c1-14-4-3-5-17-11-21(30-22(14)17)26(33)31-24(16-6-7-16)23-15(2)10-18(13-28-23)25(32)29-20-9-8-19(27)12-20/h14-24,28,30H,3-13,27H2,1-2H3,(H,29,32)(H,31,33)/t14?,15?,17?,18?,19-,20-,21?,22?,23?,24?/m1/s1. The molecule has 8 unspecified atom stereocenters. The Morgan fingerprint density at radius 3 is 2.42 bits per heavy atom. The Hall–Kier alpha value is -1.18. The van der Waals surface area contributed by atoms with Crippen molar-refractivity contribution in [2.24, 2.45) is 35.3 Å². The minimum absolute atomic E-state index is 0.00439. The maximum atomic E-state index is 13.3. The van der Waals surface area contributed by atoms with Crippen molar-refractivity contribution >= 4 is 11.8 Å². The number of amides is 2. The van der Waals surface area contributed by atoms with Crippen molar-refractivity contribution < 1.29 is 9.59 Å². The number of carbonyl (C=O) groups excluding carboxylic acids is 2. The van der Waals surface area contributed by atoms with E-state index in [1.54, 1.807) is 0 Å². The van der Waals surface area contributed by atoms with Gasteiger partial charge in [0, 0.05) is 36.8 Å². The van der Waals surface area contributed by atoms with E-state index in [1.165, 1.54) is 32.1 Å². The van der Waals surface area contributed by atoms with Gasteiger partial charge in [-0.05, 0) is 81.5 Å². The summed E-state index contributed by atoms with van der Waals surface area (Å²) in [7, 11) is 0. The average Bonchev–Trinajstić information content (AvgIpc) is 3.40. The third kappa shape index (κ3) is 5.25. The van der Waals surface area contributed by atoms with Crippen LogP contribution in [0.3, 0.4) is 0 Å². The summed E-state index contributed by atoms with van der Waals surface area (Å²) in [5.41, 5.74) is 6.01. The van der Waals surface area contributed by atoms with Gasteiger partial charge in [0.25, 0.3) is 0 Å². The Bertz CT molecular complexity index is 727. The molecule has 5 rings (SSSR count). The van der Waals surface area contributed by atoms with E-state index in [2.05, 4.69) is 35.1 Å². The number of piperidine rings is 1. The number of fused-ring (bicyclic) bond motifs is 1. The van der Waals surface area contributed by atoms with Crippen molar-refractivity contribution in [2.45, 2.75) is 114 Å². The van der Waals surface area contributed by atoms with Crippen LogP contribution in [0.2, 0.25) is 0 Å². The molecule has 186 valence electrons. The van der Waals surface area contributed by atoms with Gasteiger partial charge in [-0.15, -0.1) is 0 Å². The minimum Gasteiger partial charge on any atom is -0.353 e. The van der Waals surface area contributed by atoms with Gasteiger partial charge in [0.2, 0.25) is 11.8 Å². The van der Waals surface area contributed by atoms with Gasteiger partial charge in [0.1, 0.15) is 0 Å². The maximum absolute atomic E-state index is 13.3. The summed E-state index contributed by atoms with van der Waals surface area (Å²) in [6.45, 7) is 5.27. The zero-order chi connectivity index (χ0) is 23.1. The van der Waals surface area contributed by atoms with Gasteiger partial charge in [-0.2, -0.15) is 0 Å². The fourth-order valence-electron chi connectivity index (χ4n) is 7.40. The number of nitrogens with two attached hydrogens (primary N) is 1. The van der Waals surface area contributed by atoms with Gasteiger partial charge in [-0.1, -0.05) is 20.3 Å². The number of hydrogen-bond donors (Lipinski definition) is 5. The highest BCUT2D eigenvalue weighted by atomic mass is 16.2. The Kier molecular flexibility index (Phi) is 7.01. The number of hydrogen-bond acceptors (Lipinski definition) is 5. The molecule has 10 atom stereocenters. The summed E-state index contributed by atoms with van der Waals surface area (Å²) in [6.07, 6.45) is 11.0. The molecule has 6 N–H and O–H groups in total. The first-order valence-electron chi connectivity index (χ1n) is 13.7. The van der Waals surface area contributed by atoms with E-state index in [0.717, 1.165) is 32.1 Å². The predicted molar refractivity (Wildman–Crippen MR) is 129 cm³/mol. The molecule has 2 saturated heterocycles. The summed E-state index contributed by atoms with van der Waals surface area (Å²) < 4.78 is 0. The third-order valence-corrected chi connectivity index (χ3v) is 9.49.